The molecule has 5 heteroatoms. The van der Waals surface area contributed by atoms with Gasteiger partial charge in [-0.05, 0) is 12.1 Å². The van der Waals surface area contributed by atoms with E-state index in [0.717, 1.165) is 5.39 Å². The average Bonchev–Trinajstić information content (AvgIpc) is 2.30. The number of benzene rings is 2. The van der Waals surface area contributed by atoms with Gasteiger partial charge in [-0.25, -0.2) is 4.79 Å². The van der Waals surface area contributed by atoms with Crippen molar-refractivity contribution in [2.24, 2.45) is 0 Å². The molecule has 0 aliphatic rings. The van der Waals surface area contributed by atoms with Gasteiger partial charge in [-0.1, -0.05) is 24.3 Å². The molecule has 1 atom stereocenters. The molecule has 0 aliphatic heterocycles. The maximum absolute atomic E-state index is 11.1. The summed E-state index contributed by atoms with van der Waals surface area (Å²) in [6, 6.07) is 10.4. The third kappa shape index (κ3) is 1.92. The van der Waals surface area contributed by atoms with Gasteiger partial charge in [0.25, 0.3) is 0 Å². The van der Waals surface area contributed by atoms with E-state index in [1.54, 1.807) is 30.3 Å². The summed E-state index contributed by atoms with van der Waals surface area (Å²) in [5, 5.41) is 13.7. The van der Waals surface area contributed by atoms with E-state index >= 15 is 0 Å². The van der Waals surface area contributed by atoms with Crippen molar-refractivity contribution in [3.63, 3.8) is 0 Å². The van der Waals surface area contributed by atoms with Crippen LogP contribution in [0.2, 0.25) is 0 Å². The van der Waals surface area contributed by atoms with Crippen molar-refractivity contribution in [3.05, 3.63) is 36.4 Å². The summed E-state index contributed by atoms with van der Waals surface area (Å²) in [5.74, 6) is 0.181. The third-order valence-corrected chi connectivity index (χ3v) is 2.46. The number of fused-ring (bicyclic) bond motifs is 1. The Kier molecular flexibility index (Phi) is 2.93. The maximum Gasteiger partial charge on any atom is 0.413 e. The van der Waals surface area contributed by atoms with Crippen molar-refractivity contribution in [1.29, 1.82) is 0 Å². The number of carbonyl (C=O) groups excluding carboxylic acids is 1. The fourth-order valence-electron chi connectivity index (χ4n) is 1.54. The summed E-state index contributed by atoms with van der Waals surface area (Å²) in [6.07, 6.45) is -0.569. The minimum Gasteiger partial charge on any atom is -0.507 e. The lowest BCUT2D eigenvalue weighted by Gasteiger charge is -2.08. The van der Waals surface area contributed by atoms with Crippen LogP contribution in [0.1, 0.15) is 0 Å². The maximum atomic E-state index is 11.1. The zero-order valence-corrected chi connectivity index (χ0v) is 9.46. The highest BCUT2D eigenvalue weighted by Gasteiger charge is 2.06. The van der Waals surface area contributed by atoms with E-state index in [9.17, 15) is 9.90 Å². The molecule has 0 aliphatic carbocycles. The van der Waals surface area contributed by atoms with Gasteiger partial charge in [0.1, 0.15) is 5.75 Å². The van der Waals surface area contributed by atoms with Crippen LogP contribution in [-0.2, 0) is 4.52 Å². The Balaban J connectivity index is 2.54. The zero-order valence-electron chi connectivity index (χ0n) is 8.31. The normalized spacial score (nSPS) is 10.1. The molecule has 2 aromatic rings. The molecule has 0 radical (unpaired) electrons. The fraction of sp³-hybridized carbons (Fsp3) is 0. The van der Waals surface area contributed by atoms with E-state index < -0.39 is 6.09 Å². The van der Waals surface area contributed by atoms with Crippen LogP contribution < -0.4 is 5.32 Å². The molecule has 0 fully saturated rings. The molecule has 4 nitrogen and oxygen atoms in total. The second-order valence-corrected chi connectivity index (χ2v) is 3.44. The molecule has 1 amide bonds. The molecule has 0 saturated carbocycles. The topological polar surface area (TPSA) is 58.6 Å². The molecule has 16 heavy (non-hydrogen) atoms. The molecule has 1 unspecified atom stereocenters. The number of aromatic hydroxyl groups is 1. The Labute approximate surface area is 94.5 Å². The van der Waals surface area contributed by atoms with Crippen molar-refractivity contribution in [2.45, 2.75) is 0 Å². The highest BCUT2D eigenvalue weighted by atomic mass is 31.0. The van der Waals surface area contributed by atoms with E-state index in [1.807, 2.05) is 15.5 Å². The first-order valence-corrected chi connectivity index (χ1v) is 5.08. The summed E-state index contributed by atoms with van der Waals surface area (Å²) in [7, 11) is 1.87. The predicted molar refractivity (Wildman–Crippen MR) is 65.4 cm³/mol. The van der Waals surface area contributed by atoms with E-state index in [2.05, 4.69) is 9.84 Å². The highest BCUT2D eigenvalue weighted by molar-refractivity contribution is 7.10. The Morgan fingerprint density at radius 1 is 1.19 bits per heavy atom. The van der Waals surface area contributed by atoms with Crippen LogP contribution in [-0.4, -0.2) is 11.2 Å². The van der Waals surface area contributed by atoms with Crippen LogP contribution >= 0.6 is 9.47 Å². The molecular formula is C11H10NO3P. The molecule has 0 bridgehead atoms. The summed E-state index contributed by atoms with van der Waals surface area (Å²) in [4.78, 5) is 11.1. The van der Waals surface area contributed by atoms with Crippen molar-refractivity contribution in [3.8, 4) is 5.75 Å². The smallest absolute Gasteiger partial charge is 0.413 e. The van der Waals surface area contributed by atoms with Gasteiger partial charge in [0.15, 0.2) is 0 Å². The summed E-state index contributed by atoms with van der Waals surface area (Å²) in [6.45, 7) is 0. The standard InChI is InChI=1S/C11H10NO3P/c13-10-6-2-3-7-8(10)4-1-5-9(7)12-11(14)15-16/h1-6,13H,16H2,(H,12,14). The molecule has 0 heterocycles. The minimum atomic E-state index is -0.569. The van der Waals surface area contributed by atoms with Crippen LogP contribution in [0.4, 0.5) is 10.5 Å². The van der Waals surface area contributed by atoms with E-state index in [1.165, 1.54) is 0 Å². The van der Waals surface area contributed by atoms with Crippen molar-refractivity contribution in [2.75, 3.05) is 5.32 Å². The zero-order chi connectivity index (χ0) is 11.5. The number of phenols is 1. The van der Waals surface area contributed by atoms with Crippen LogP contribution in [0.25, 0.3) is 10.8 Å². The largest absolute Gasteiger partial charge is 0.507 e. The predicted octanol–water partition coefficient (Wildman–Crippen LogP) is 2.88. The van der Waals surface area contributed by atoms with Gasteiger partial charge in [0, 0.05) is 10.8 Å². The quantitative estimate of drug-likeness (QED) is 0.747. The number of phenolic OH excluding ortho intramolecular Hbond substituents is 1. The Morgan fingerprint density at radius 2 is 1.88 bits per heavy atom. The lowest BCUT2D eigenvalue weighted by atomic mass is 10.1. The Hall–Kier alpha value is -1.80. The first-order chi connectivity index (χ1) is 7.72. The third-order valence-electron chi connectivity index (χ3n) is 2.24. The van der Waals surface area contributed by atoms with Crippen LogP contribution in [0.3, 0.4) is 0 Å². The summed E-state index contributed by atoms with van der Waals surface area (Å²) in [5.41, 5.74) is 0.598. The van der Waals surface area contributed by atoms with Gasteiger partial charge in [0.05, 0.1) is 15.2 Å². The van der Waals surface area contributed by atoms with Crippen LogP contribution in [0, 0.1) is 0 Å². The molecule has 0 aromatic heterocycles. The molecule has 82 valence electrons. The molecule has 2 rings (SSSR count). The molecular weight excluding hydrogens is 225 g/mol. The fourth-order valence-corrected chi connectivity index (χ4v) is 1.60. The van der Waals surface area contributed by atoms with Gasteiger partial charge in [-0.2, -0.15) is 0 Å². The molecule has 2 N–H and O–H groups in total. The number of nitrogens with one attached hydrogen (secondary N) is 1. The highest BCUT2D eigenvalue weighted by Crippen LogP contribution is 2.29. The van der Waals surface area contributed by atoms with Crippen LogP contribution in [0.15, 0.2) is 36.4 Å². The average molecular weight is 235 g/mol. The summed E-state index contributed by atoms with van der Waals surface area (Å²) >= 11 is 0. The number of anilines is 1. The van der Waals surface area contributed by atoms with Gasteiger partial charge in [0.2, 0.25) is 0 Å². The minimum absolute atomic E-state index is 0.181. The number of carbonyl (C=O) groups is 1. The SMILES string of the molecule is O=C(Nc1cccc2c(O)cccc12)OP. The lowest BCUT2D eigenvalue weighted by molar-refractivity contribution is 0.222. The monoisotopic (exact) mass is 235 g/mol. The second kappa shape index (κ2) is 4.37. The van der Waals surface area contributed by atoms with Crippen LogP contribution in [0.5, 0.6) is 5.75 Å². The molecule has 0 saturated heterocycles. The molecule has 2 aromatic carbocycles. The number of amides is 1. The Bertz CT molecular complexity index is 542. The van der Waals surface area contributed by atoms with Gasteiger partial charge in [-0.3, -0.25) is 5.32 Å². The van der Waals surface area contributed by atoms with E-state index in [-0.39, 0.29) is 5.75 Å². The first kappa shape index (κ1) is 10.7. The van der Waals surface area contributed by atoms with E-state index in [4.69, 9.17) is 0 Å². The van der Waals surface area contributed by atoms with Gasteiger partial charge < -0.3 is 9.63 Å². The number of rotatable bonds is 1. The molecule has 0 spiro atoms. The van der Waals surface area contributed by atoms with Crippen molar-refractivity contribution >= 4 is 32.0 Å². The Morgan fingerprint density at radius 3 is 2.62 bits per heavy atom. The van der Waals surface area contributed by atoms with Crippen molar-refractivity contribution < 1.29 is 14.4 Å². The lowest BCUT2D eigenvalue weighted by Crippen LogP contribution is -2.08. The number of hydrogen-bond donors (Lipinski definition) is 2. The van der Waals surface area contributed by atoms with Gasteiger partial charge >= 0.3 is 6.09 Å². The number of hydrogen-bond acceptors (Lipinski definition) is 3. The first-order valence-electron chi connectivity index (χ1n) is 4.61. The summed E-state index contributed by atoms with van der Waals surface area (Å²) < 4.78 is 4.44. The van der Waals surface area contributed by atoms with E-state index in [0.29, 0.717) is 11.1 Å². The van der Waals surface area contributed by atoms with Crippen molar-refractivity contribution in [1.82, 2.24) is 0 Å². The second-order valence-electron chi connectivity index (χ2n) is 3.21. The van der Waals surface area contributed by atoms with Gasteiger partial charge in [-0.15, -0.1) is 0 Å².